The molecule has 2 atom stereocenters. The van der Waals surface area contributed by atoms with E-state index in [0.29, 0.717) is 0 Å². The van der Waals surface area contributed by atoms with Crippen molar-refractivity contribution < 1.29 is 29.3 Å². The average Bonchev–Trinajstić information content (AvgIpc) is 2.71. The molecule has 1 rings (SSSR count). The van der Waals surface area contributed by atoms with E-state index in [0.717, 1.165) is 4.90 Å². The highest BCUT2D eigenvalue weighted by molar-refractivity contribution is 9.10. The first kappa shape index (κ1) is 16.4. The summed E-state index contributed by atoms with van der Waals surface area (Å²) in [6.45, 7) is 3.38. The van der Waals surface area contributed by atoms with Gasteiger partial charge in [0.15, 0.2) is 5.79 Å². The lowest BCUT2D eigenvalue weighted by atomic mass is 10.1. The maximum Gasteiger partial charge on any atom is 0.416 e. The van der Waals surface area contributed by atoms with Gasteiger partial charge in [0, 0.05) is 0 Å². The number of aliphatic hydroxyl groups excluding tert-OH is 1. The molecule has 1 aliphatic rings. The Hall–Kier alpha value is -0.700. The number of halogens is 1. The quantitative estimate of drug-likeness (QED) is 0.531. The maximum atomic E-state index is 11.9. The van der Waals surface area contributed by atoms with E-state index >= 15 is 0 Å². The molecular weight excluding hydrogens is 322 g/mol. The number of rotatable bonds is 6. The molecule has 2 unspecified atom stereocenters. The summed E-state index contributed by atoms with van der Waals surface area (Å²) in [6.07, 6.45) is -1.58. The smallest absolute Gasteiger partial charge is 0.416 e. The van der Waals surface area contributed by atoms with E-state index in [9.17, 15) is 19.8 Å². The SMILES string of the molecule is CC(C)(O)OCCC(O)C(Br)C(=O)N1CCOC1=O. The third-order valence-corrected chi connectivity index (χ3v) is 3.47. The van der Waals surface area contributed by atoms with Gasteiger partial charge >= 0.3 is 6.09 Å². The molecule has 0 bridgehead atoms. The van der Waals surface area contributed by atoms with Gasteiger partial charge in [-0.25, -0.2) is 9.69 Å². The van der Waals surface area contributed by atoms with Crippen molar-refractivity contribution in [1.82, 2.24) is 4.90 Å². The Morgan fingerprint density at radius 2 is 2.26 bits per heavy atom. The van der Waals surface area contributed by atoms with E-state index in [4.69, 9.17) is 4.74 Å². The minimum atomic E-state index is -1.29. The number of carbonyl (C=O) groups excluding carboxylic acids is 2. The number of ether oxygens (including phenoxy) is 2. The highest BCUT2D eigenvalue weighted by atomic mass is 79.9. The van der Waals surface area contributed by atoms with E-state index < -0.39 is 28.7 Å². The van der Waals surface area contributed by atoms with Crippen LogP contribution >= 0.6 is 15.9 Å². The second-order valence-corrected chi connectivity index (χ2v) is 5.64. The van der Waals surface area contributed by atoms with Crippen LogP contribution in [0.1, 0.15) is 20.3 Å². The molecule has 0 aliphatic carbocycles. The summed E-state index contributed by atoms with van der Waals surface area (Å²) in [6, 6.07) is 0. The summed E-state index contributed by atoms with van der Waals surface area (Å²) in [7, 11) is 0. The van der Waals surface area contributed by atoms with Crippen LogP contribution in [-0.4, -0.2) is 63.6 Å². The van der Waals surface area contributed by atoms with E-state index in [1.807, 2.05) is 0 Å². The van der Waals surface area contributed by atoms with Gasteiger partial charge in [0.25, 0.3) is 0 Å². The minimum absolute atomic E-state index is 0.0878. The largest absolute Gasteiger partial charge is 0.447 e. The lowest BCUT2D eigenvalue weighted by Gasteiger charge is -2.22. The van der Waals surface area contributed by atoms with E-state index in [1.54, 1.807) is 0 Å². The molecule has 0 aromatic rings. The molecule has 1 heterocycles. The van der Waals surface area contributed by atoms with Gasteiger partial charge in [-0.3, -0.25) is 4.79 Å². The van der Waals surface area contributed by atoms with Crippen LogP contribution in [0.25, 0.3) is 0 Å². The van der Waals surface area contributed by atoms with Crippen molar-refractivity contribution in [3.05, 3.63) is 0 Å². The van der Waals surface area contributed by atoms with Crippen molar-refractivity contribution >= 4 is 27.9 Å². The first-order valence-electron chi connectivity index (χ1n) is 5.89. The fourth-order valence-electron chi connectivity index (χ4n) is 1.48. The molecular formula is C11H18BrNO6. The molecule has 0 aromatic heterocycles. The van der Waals surface area contributed by atoms with E-state index in [1.165, 1.54) is 13.8 Å². The number of amides is 2. The normalized spacial score (nSPS) is 19.2. The Morgan fingerprint density at radius 3 is 2.74 bits per heavy atom. The van der Waals surface area contributed by atoms with Gasteiger partial charge in [0.2, 0.25) is 5.91 Å². The molecule has 8 heteroatoms. The number of alkyl halides is 1. The molecule has 7 nitrogen and oxygen atoms in total. The second-order valence-electron chi connectivity index (χ2n) is 4.66. The van der Waals surface area contributed by atoms with Crippen molar-refractivity contribution in [3.8, 4) is 0 Å². The zero-order valence-corrected chi connectivity index (χ0v) is 12.4. The van der Waals surface area contributed by atoms with Gasteiger partial charge in [-0.2, -0.15) is 0 Å². The molecule has 2 amide bonds. The van der Waals surface area contributed by atoms with Crippen LogP contribution in [0.3, 0.4) is 0 Å². The number of imide groups is 1. The van der Waals surface area contributed by atoms with E-state index in [-0.39, 0.29) is 26.2 Å². The third-order valence-electron chi connectivity index (χ3n) is 2.47. The van der Waals surface area contributed by atoms with Crippen molar-refractivity contribution in [1.29, 1.82) is 0 Å². The number of hydrogen-bond acceptors (Lipinski definition) is 6. The molecule has 0 saturated carbocycles. The van der Waals surface area contributed by atoms with Crippen molar-refractivity contribution in [3.63, 3.8) is 0 Å². The van der Waals surface area contributed by atoms with E-state index in [2.05, 4.69) is 20.7 Å². The maximum absolute atomic E-state index is 11.9. The average molecular weight is 340 g/mol. The highest BCUT2D eigenvalue weighted by Gasteiger charge is 2.35. The first-order chi connectivity index (χ1) is 8.72. The molecule has 1 fully saturated rings. The van der Waals surface area contributed by atoms with Gasteiger partial charge < -0.3 is 19.7 Å². The highest BCUT2D eigenvalue weighted by Crippen LogP contribution is 2.17. The summed E-state index contributed by atoms with van der Waals surface area (Å²) in [5.41, 5.74) is 0. The van der Waals surface area contributed by atoms with Crippen LogP contribution in [0, 0.1) is 0 Å². The number of hydrogen-bond donors (Lipinski definition) is 2. The molecule has 2 N–H and O–H groups in total. The number of carbonyl (C=O) groups is 2. The number of nitrogens with zero attached hydrogens (tertiary/aromatic N) is 1. The number of cyclic esters (lactones) is 1. The van der Waals surface area contributed by atoms with Crippen molar-refractivity contribution in [2.75, 3.05) is 19.8 Å². The second kappa shape index (κ2) is 6.65. The standard InChI is InChI=1S/C11H18BrNO6/c1-11(2,17)19-5-3-7(14)8(12)9(15)13-4-6-18-10(13)16/h7-8,14,17H,3-6H2,1-2H3. The van der Waals surface area contributed by atoms with Gasteiger partial charge in [0.05, 0.1) is 19.3 Å². The summed E-state index contributed by atoms with van der Waals surface area (Å²) in [5, 5.41) is 19.2. The fourth-order valence-corrected chi connectivity index (χ4v) is 1.99. The summed E-state index contributed by atoms with van der Waals surface area (Å²) < 4.78 is 9.68. The van der Waals surface area contributed by atoms with Gasteiger partial charge in [-0.05, 0) is 20.3 Å². The van der Waals surface area contributed by atoms with Crippen LogP contribution in [0.15, 0.2) is 0 Å². The Balaban J connectivity index is 2.41. The van der Waals surface area contributed by atoms with Gasteiger partial charge in [-0.15, -0.1) is 0 Å². The van der Waals surface area contributed by atoms with Gasteiger partial charge in [-0.1, -0.05) is 15.9 Å². The minimum Gasteiger partial charge on any atom is -0.447 e. The Labute approximate surface area is 119 Å². The van der Waals surface area contributed by atoms with Crippen LogP contribution in [0.4, 0.5) is 4.79 Å². The fraction of sp³-hybridized carbons (Fsp3) is 0.818. The predicted molar refractivity (Wildman–Crippen MR) is 68.6 cm³/mol. The molecule has 0 aromatic carbocycles. The molecule has 1 aliphatic heterocycles. The zero-order chi connectivity index (χ0) is 14.6. The third kappa shape index (κ3) is 5.06. The molecule has 1 saturated heterocycles. The molecule has 0 radical (unpaired) electrons. The van der Waals surface area contributed by atoms with Crippen molar-refractivity contribution in [2.45, 2.75) is 37.0 Å². The summed E-state index contributed by atoms with van der Waals surface area (Å²) in [4.78, 5) is 23.1. The van der Waals surface area contributed by atoms with Crippen LogP contribution in [0.5, 0.6) is 0 Å². The number of aliphatic hydroxyl groups is 2. The zero-order valence-electron chi connectivity index (χ0n) is 10.8. The Morgan fingerprint density at radius 1 is 1.63 bits per heavy atom. The predicted octanol–water partition coefficient (Wildman–Crippen LogP) is 0.225. The van der Waals surface area contributed by atoms with Gasteiger partial charge in [0.1, 0.15) is 11.4 Å². The molecule has 0 spiro atoms. The van der Waals surface area contributed by atoms with Crippen molar-refractivity contribution in [2.24, 2.45) is 0 Å². The summed E-state index contributed by atoms with van der Waals surface area (Å²) in [5.74, 6) is -1.83. The first-order valence-corrected chi connectivity index (χ1v) is 6.80. The lowest BCUT2D eigenvalue weighted by Crippen LogP contribution is -2.42. The Kier molecular flexibility index (Phi) is 5.72. The molecule has 110 valence electrons. The topological polar surface area (TPSA) is 96.3 Å². The van der Waals surface area contributed by atoms with Crippen LogP contribution in [-0.2, 0) is 14.3 Å². The summed E-state index contributed by atoms with van der Waals surface area (Å²) >= 11 is 3.06. The Bertz CT molecular complexity index is 343. The lowest BCUT2D eigenvalue weighted by molar-refractivity contribution is -0.179. The molecule has 19 heavy (non-hydrogen) atoms. The van der Waals surface area contributed by atoms with Crippen LogP contribution in [0.2, 0.25) is 0 Å². The van der Waals surface area contributed by atoms with Crippen LogP contribution < -0.4 is 0 Å². The monoisotopic (exact) mass is 339 g/mol.